The van der Waals surface area contributed by atoms with Crippen molar-refractivity contribution in [3.8, 4) is 11.1 Å². The molecule has 10 nitrogen and oxygen atoms in total. The standard InChI is InChI=1S/C34H41N3O7/c1-22(19-38)35-31(39)18-23-10-3-2-4-16-30(33(41)43-20-24-11-9-17-37(24)32(23)40)36-34(42)44-21-29-27-14-7-5-12-25(27)26-13-6-8-15-28(26)29/h2-3,5-8,12-15,22-24,29-30,38H,4,9-11,16-21H2,1H3,(H,35,39)(H,36,42). The van der Waals surface area contributed by atoms with Crippen molar-refractivity contribution in [3.63, 3.8) is 0 Å². The Bertz CT molecular complexity index is 1350. The maximum absolute atomic E-state index is 13.5. The molecule has 0 aromatic heterocycles. The van der Waals surface area contributed by atoms with Crippen LogP contribution < -0.4 is 10.6 Å². The molecule has 0 spiro atoms. The van der Waals surface area contributed by atoms with E-state index in [4.69, 9.17) is 9.47 Å². The molecule has 0 radical (unpaired) electrons. The van der Waals surface area contributed by atoms with Gasteiger partial charge in [-0.25, -0.2) is 9.59 Å². The number of nitrogens with one attached hydrogen (secondary N) is 2. The number of ether oxygens (including phenoxy) is 2. The van der Waals surface area contributed by atoms with Crippen molar-refractivity contribution < 1.29 is 33.8 Å². The predicted molar refractivity (Wildman–Crippen MR) is 163 cm³/mol. The summed E-state index contributed by atoms with van der Waals surface area (Å²) < 4.78 is 11.3. The molecule has 234 valence electrons. The Morgan fingerprint density at radius 1 is 1.05 bits per heavy atom. The molecule has 3 N–H and O–H groups in total. The van der Waals surface area contributed by atoms with E-state index in [9.17, 15) is 24.3 Å². The molecule has 4 unspecified atom stereocenters. The van der Waals surface area contributed by atoms with Crippen LogP contribution in [0.25, 0.3) is 11.1 Å². The molecule has 44 heavy (non-hydrogen) atoms. The van der Waals surface area contributed by atoms with Gasteiger partial charge >= 0.3 is 12.1 Å². The number of fused-ring (bicyclic) bond motifs is 4. The van der Waals surface area contributed by atoms with Crippen molar-refractivity contribution in [2.45, 2.75) is 69.5 Å². The molecule has 1 aliphatic carbocycles. The normalized spacial score (nSPS) is 22.8. The Hall–Kier alpha value is -4.18. The SMILES string of the molecule is CC(CO)NC(=O)CC1CC=CCCC(NC(=O)OCC2c3ccccc3-c3ccccc32)C(=O)OCC2CCCN2C1=O. The van der Waals surface area contributed by atoms with Crippen LogP contribution in [0.15, 0.2) is 60.7 Å². The first-order valence-corrected chi connectivity index (χ1v) is 15.5. The predicted octanol–water partition coefficient (Wildman–Crippen LogP) is 3.67. The van der Waals surface area contributed by atoms with E-state index in [1.54, 1.807) is 11.8 Å². The summed E-state index contributed by atoms with van der Waals surface area (Å²) in [5, 5.41) is 14.7. The Kier molecular flexibility index (Phi) is 10.3. The van der Waals surface area contributed by atoms with Crippen LogP contribution in [0, 0.1) is 5.92 Å². The van der Waals surface area contributed by atoms with Gasteiger partial charge in [0.25, 0.3) is 0 Å². The Labute approximate surface area is 257 Å². The monoisotopic (exact) mass is 603 g/mol. The van der Waals surface area contributed by atoms with Gasteiger partial charge in [-0.15, -0.1) is 0 Å². The molecular formula is C34H41N3O7. The van der Waals surface area contributed by atoms with Crippen LogP contribution in [-0.4, -0.2) is 78.4 Å². The molecule has 0 saturated carbocycles. The summed E-state index contributed by atoms with van der Waals surface area (Å²) in [5.41, 5.74) is 4.46. The van der Waals surface area contributed by atoms with Crippen LogP contribution in [0.4, 0.5) is 4.79 Å². The molecule has 10 heteroatoms. The van der Waals surface area contributed by atoms with E-state index >= 15 is 0 Å². The fourth-order valence-electron chi connectivity index (χ4n) is 6.36. The number of aliphatic hydroxyl groups is 1. The van der Waals surface area contributed by atoms with Gasteiger partial charge in [0.2, 0.25) is 11.8 Å². The first-order chi connectivity index (χ1) is 21.4. The zero-order chi connectivity index (χ0) is 31.1. The van der Waals surface area contributed by atoms with Gasteiger partial charge in [0, 0.05) is 24.9 Å². The van der Waals surface area contributed by atoms with Crippen molar-refractivity contribution >= 4 is 23.9 Å². The van der Waals surface area contributed by atoms with Crippen molar-refractivity contribution in [1.82, 2.24) is 15.5 Å². The molecule has 2 aromatic rings. The number of rotatable bonds is 7. The van der Waals surface area contributed by atoms with E-state index in [1.807, 2.05) is 48.6 Å². The molecule has 1 saturated heterocycles. The number of amides is 3. The average molecular weight is 604 g/mol. The number of nitrogens with zero attached hydrogens (tertiary/aromatic N) is 1. The smallest absolute Gasteiger partial charge is 0.407 e. The van der Waals surface area contributed by atoms with E-state index in [1.165, 1.54) is 0 Å². The third kappa shape index (κ3) is 7.30. The highest BCUT2D eigenvalue weighted by atomic mass is 16.6. The lowest BCUT2D eigenvalue weighted by molar-refractivity contribution is -0.150. The number of carbonyl (C=O) groups excluding carboxylic acids is 4. The molecule has 2 heterocycles. The second kappa shape index (κ2) is 14.5. The molecule has 2 aliphatic heterocycles. The maximum atomic E-state index is 13.5. The van der Waals surface area contributed by atoms with E-state index in [0.717, 1.165) is 28.7 Å². The first-order valence-electron chi connectivity index (χ1n) is 15.5. The third-order valence-electron chi connectivity index (χ3n) is 8.67. The number of aliphatic hydroxyl groups excluding tert-OH is 1. The number of esters is 1. The minimum Gasteiger partial charge on any atom is -0.462 e. The number of carbonyl (C=O) groups is 4. The molecule has 4 atom stereocenters. The van der Waals surface area contributed by atoms with Crippen molar-refractivity contribution in [2.24, 2.45) is 5.92 Å². The number of cyclic esters (lactones) is 1. The van der Waals surface area contributed by atoms with Crippen molar-refractivity contribution in [2.75, 3.05) is 26.4 Å². The van der Waals surface area contributed by atoms with Gasteiger partial charge in [-0.3, -0.25) is 9.59 Å². The molecule has 3 amide bonds. The number of alkyl carbamates (subject to hydrolysis) is 1. The molecule has 3 aliphatic rings. The van der Waals surface area contributed by atoms with Crippen molar-refractivity contribution in [1.29, 1.82) is 0 Å². The van der Waals surface area contributed by atoms with E-state index in [0.29, 0.717) is 32.2 Å². The molecular weight excluding hydrogens is 562 g/mol. The number of hydrogen-bond acceptors (Lipinski definition) is 7. The third-order valence-corrected chi connectivity index (χ3v) is 8.67. The highest BCUT2D eigenvalue weighted by molar-refractivity contribution is 5.86. The summed E-state index contributed by atoms with van der Waals surface area (Å²) in [4.78, 5) is 53.9. The van der Waals surface area contributed by atoms with Gasteiger partial charge < -0.3 is 30.1 Å². The summed E-state index contributed by atoms with van der Waals surface area (Å²) >= 11 is 0. The van der Waals surface area contributed by atoms with Gasteiger partial charge in [-0.1, -0.05) is 60.7 Å². The number of benzene rings is 2. The average Bonchev–Trinajstić information content (AvgIpc) is 3.63. The van der Waals surface area contributed by atoms with Gasteiger partial charge in [0.1, 0.15) is 19.3 Å². The first kappa shape index (κ1) is 31.3. The largest absolute Gasteiger partial charge is 0.462 e. The Morgan fingerprint density at radius 2 is 1.75 bits per heavy atom. The summed E-state index contributed by atoms with van der Waals surface area (Å²) in [6, 6.07) is 14.6. The van der Waals surface area contributed by atoms with Crippen LogP contribution in [0.5, 0.6) is 0 Å². The number of allylic oxidation sites excluding steroid dienone is 2. The van der Waals surface area contributed by atoms with E-state index in [-0.39, 0.29) is 50.0 Å². The van der Waals surface area contributed by atoms with Gasteiger partial charge in [-0.2, -0.15) is 0 Å². The van der Waals surface area contributed by atoms with Crippen LogP contribution in [-0.2, 0) is 23.9 Å². The highest BCUT2D eigenvalue weighted by Gasteiger charge is 2.36. The van der Waals surface area contributed by atoms with Crippen LogP contribution in [0.2, 0.25) is 0 Å². The van der Waals surface area contributed by atoms with Crippen LogP contribution in [0.3, 0.4) is 0 Å². The molecule has 1 fully saturated rings. The summed E-state index contributed by atoms with van der Waals surface area (Å²) in [6.45, 7) is 2.18. The second-order valence-corrected chi connectivity index (χ2v) is 11.8. The lowest BCUT2D eigenvalue weighted by Crippen LogP contribution is -2.46. The van der Waals surface area contributed by atoms with Gasteiger partial charge in [0.05, 0.1) is 18.6 Å². The highest BCUT2D eigenvalue weighted by Crippen LogP contribution is 2.44. The summed E-state index contributed by atoms with van der Waals surface area (Å²) in [6.07, 6.45) is 5.57. The topological polar surface area (TPSA) is 134 Å². The number of hydrogen-bond donors (Lipinski definition) is 3. The zero-order valence-electron chi connectivity index (χ0n) is 25.1. The van der Waals surface area contributed by atoms with Crippen LogP contribution >= 0.6 is 0 Å². The molecule has 2 aromatic carbocycles. The molecule has 0 bridgehead atoms. The summed E-state index contributed by atoms with van der Waals surface area (Å²) in [5.74, 6) is -1.68. The van der Waals surface area contributed by atoms with Gasteiger partial charge in [0.15, 0.2) is 0 Å². The summed E-state index contributed by atoms with van der Waals surface area (Å²) in [7, 11) is 0. The van der Waals surface area contributed by atoms with Gasteiger partial charge in [-0.05, 0) is 61.3 Å². The second-order valence-electron chi connectivity index (χ2n) is 11.8. The Balaban J connectivity index is 1.22. The molecule has 5 rings (SSSR count). The van der Waals surface area contributed by atoms with Crippen molar-refractivity contribution in [3.05, 3.63) is 71.8 Å². The lowest BCUT2D eigenvalue weighted by Gasteiger charge is -2.28. The maximum Gasteiger partial charge on any atom is 0.407 e. The Morgan fingerprint density at radius 3 is 2.45 bits per heavy atom. The van der Waals surface area contributed by atoms with E-state index in [2.05, 4.69) is 22.8 Å². The van der Waals surface area contributed by atoms with E-state index < -0.39 is 30.1 Å². The minimum atomic E-state index is -0.914. The van der Waals surface area contributed by atoms with Crippen LogP contribution in [0.1, 0.15) is 62.5 Å². The zero-order valence-corrected chi connectivity index (χ0v) is 25.1. The quantitative estimate of drug-likeness (QED) is 0.325. The minimum absolute atomic E-state index is 0.00247. The fraction of sp³-hybridized carbons (Fsp3) is 0.471. The fourth-order valence-corrected chi connectivity index (χ4v) is 6.36. The lowest BCUT2D eigenvalue weighted by atomic mass is 9.97.